The second-order valence-corrected chi connectivity index (χ2v) is 6.31. The lowest BCUT2D eigenvalue weighted by Gasteiger charge is -2.15. The highest BCUT2D eigenvalue weighted by Crippen LogP contribution is 2.47. The molecule has 2 fully saturated rings. The molecule has 2 aliphatic carbocycles. The van der Waals surface area contributed by atoms with Crippen molar-refractivity contribution in [3.05, 3.63) is 28.2 Å². The summed E-state index contributed by atoms with van der Waals surface area (Å²) in [6, 6.07) is 5.07. The molecule has 2 amide bonds. The van der Waals surface area contributed by atoms with Gasteiger partial charge in [-0.2, -0.15) is 0 Å². The van der Waals surface area contributed by atoms with Crippen molar-refractivity contribution in [1.82, 2.24) is 5.32 Å². The predicted octanol–water partition coefficient (Wildman–Crippen LogP) is 2.99. The van der Waals surface area contributed by atoms with Gasteiger partial charge < -0.3 is 10.6 Å². The molecule has 2 aliphatic rings. The molecule has 2 saturated carbocycles. The van der Waals surface area contributed by atoms with E-state index in [1.165, 1.54) is 0 Å². The van der Waals surface area contributed by atoms with Crippen molar-refractivity contribution < 1.29 is 9.59 Å². The summed E-state index contributed by atoms with van der Waals surface area (Å²) in [5.41, 5.74) is -0.393. The van der Waals surface area contributed by atoms with E-state index in [9.17, 15) is 9.59 Å². The molecule has 0 saturated heterocycles. The zero-order chi connectivity index (χ0) is 14.3. The van der Waals surface area contributed by atoms with Crippen LogP contribution in [0.25, 0.3) is 0 Å². The van der Waals surface area contributed by atoms with Crippen LogP contribution < -0.4 is 10.6 Å². The number of benzene rings is 1. The van der Waals surface area contributed by atoms with Gasteiger partial charge in [0, 0.05) is 21.8 Å². The minimum Gasteiger partial charge on any atom is -0.352 e. The molecule has 0 bridgehead atoms. The fourth-order valence-electron chi connectivity index (χ4n) is 2.11. The average Bonchev–Trinajstić information content (AvgIpc) is 3.22. The number of hydrogen-bond donors (Lipinski definition) is 2. The van der Waals surface area contributed by atoms with E-state index < -0.39 is 5.41 Å². The standard InChI is InChI=1S/C14H14Cl2N2O2/c15-8-5-9(16)7-11(6-8)18-13(20)14(3-4-14)12(19)17-10-1-2-10/h5-7,10H,1-4H2,(H,17,19)(H,18,20). The Morgan fingerprint density at radius 3 is 2.15 bits per heavy atom. The van der Waals surface area contributed by atoms with Crippen molar-refractivity contribution in [2.24, 2.45) is 5.41 Å². The number of amides is 2. The Morgan fingerprint density at radius 2 is 1.65 bits per heavy atom. The van der Waals surface area contributed by atoms with E-state index in [2.05, 4.69) is 10.6 Å². The summed E-state index contributed by atoms with van der Waals surface area (Å²) in [5.74, 6) is -0.445. The molecular formula is C14H14Cl2N2O2. The Balaban J connectivity index is 1.70. The Bertz CT molecular complexity index is 560. The van der Waals surface area contributed by atoms with Crippen LogP contribution in [0.15, 0.2) is 18.2 Å². The number of carbonyl (C=O) groups excluding carboxylic acids is 2. The first-order valence-corrected chi connectivity index (χ1v) is 7.34. The van der Waals surface area contributed by atoms with Crippen molar-refractivity contribution in [2.45, 2.75) is 31.7 Å². The van der Waals surface area contributed by atoms with E-state index in [1.807, 2.05) is 0 Å². The molecular weight excluding hydrogens is 299 g/mol. The number of halogens is 2. The summed E-state index contributed by atoms with van der Waals surface area (Å²) in [7, 11) is 0. The van der Waals surface area contributed by atoms with Gasteiger partial charge in [-0.1, -0.05) is 23.2 Å². The van der Waals surface area contributed by atoms with Crippen LogP contribution >= 0.6 is 23.2 Å². The summed E-state index contributed by atoms with van der Waals surface area (Å²) in [6.07, 6.45) is 3.19. The molecule has 106 valence electrons. The normalized spacial score (nSPS) is 19.3. The maximum Gasteiger partial charge on any atom is 0.240 e. The predicted molar refractivity (Wildman–Crippen MR) is 77.9 cm³/mol. The van der Waals surface area contributed by atoms with Crippen LogP contribution in [-0.2, 0) is 9.59 Å². The van der Waals surface area contributed by atoms with Gasteiger partial charge in [0.15, 0.2) is 0 Å². The quantitative estimate of drug-likeness (QED) is 0.840. The Labute approximate surface area is 126 Å². The van der Waals surface area contributed by atoms with Crippen LogP contribution in [0.2, 0.25) is 10.0 Å². The minimum absolute atomic E-state index is 0.161. The number of nitrogens with one attached hydrogen (secondary N) is 2. The Kier molecular flexibility index (Phi) is 3.38. The number of anilines is 1. The highest BCUT2D eigenvalue weighted by molar-refractivity contribution is 6.35. The van der Waals surface area contributed by atoms with Crippen LogP contribution in [0.3, 0.4) is 0 Å². The van der Waals surface area contributed by atoms with Crippen LogP contribution in [0, 0.1) is 5.41 Å². The van der Waals surface area contributed by atoms with Gasteiger partial charge in [0.25, 0.3) is 0 Å². The molecule has 3 rings (SSSR count). The lowest BCUT2D eigenvalue weighted by molar-refractivity contribution is -0.134. The lowest BCUT2D eigenvalue weighted by atomic mass is 10.0. The summed E-state index contributed by atoms with van der Waals surface area (Å²) in [6.45, 7) is 0. The van der Waals surface area contributed by atoms with E-state index in [4.69, 9.17) is 23.2 Å². The number of hydrogen-bond acceptors (Lipinski definition) is 2. The lowest BCUT2D eigenvalue weighted by Crippen LogP contribution is -2.40. The van der Waals surface area contributed by atoms with Crippen molar-refractivity contribution in [2.75, 3.05) is 5.32 Å². The van der Waals surface area contributed by atoms with E-state index >= 15 is 0 Å². The zero-order valence-electron chi connectivity index (χ0n) is 10.7. The Hall–Kier alpha value is -1.26. The third kappa shape index (κ3) is 2.76. The smallest absolute Gasteiger partial charge is 0.240 e. The first-order chi connectivity index (χ1) is 9.49. The molecule has 0 atom stereocenters. The second kappa shape index (κ2) is 4.93. The fourth-order valence-corrected chi connectivity index (χ4v) is 2.64. The number of carbonyl (C=O) groups is 2. The average molecular weight is 313 g/mol. The van der Waals surface area contributed by atoms with Crippen LogP contribution in [-0.4, -0.2) is 17.9 Å². The molecule has 0 heterocycles. The molecule has 20 heavy (non-hydrogen) atoms. The van der Waals surface area contributed by atoms with Crippen LogP contribution in [0.4, 0.5) is 5.69 Å². The number of rotatable bonds is 4. The van der Waals surface area contributed by atoms with E-state index in [-0.39, 0.29) is 17.9 Å². The van der Waals surface area contributed by atoms with Gasteiger partial charge in [0.1, 0.15) is 5.41 Å². The van der Waals surface area contributed by atoms with Gasteiger partial charge in [-0.25, -0.2) is 0 Å². The zero-order valence-corrected chi connectivity index (χ0v) is 12.2. The van der Waals surface area contributed by atoms with E-state index in [0.29, 0.717) is 28.6 Å². The molecule has 2 N–H and O–H groups in total. The second-order valence-electron chi connectivity index (χ2n) is 5.44. The maximum atomic E-state index is 12.3. The molecule has 1 aromatic rings. The molecule has 0 radical (unpaired) electrons. The third-order valence-electron chi connectivity index (χ3n) is 3.65. The van der Waals surface area contributed by atoms with Crippen LogP contribution in [0.1, 0.15) is 25.7 Å². The van der Waals surface area contributed by atoms with Gasteiger partial charge in [-0.3, -0.25) is 9.59 Å². The van der Waals surface area contributed by atoms with Crippen LogP contribution in [0.5, 0.6) is 0 Å². The molecule has 0 aromatic heterocycles. The van der Waals surface area contributed by atoms with Gasteiger partial charge in [0.05, 0.1) is 0 Å². The van der Waals surface area contributed by atoms with Gasteiger partial charge in [-0.15, -0.1) is 0 Å². The molecule has 0 unspecified atom stereocenters. The van der Waals surface area contributed by atoms with Gasteiger partial charge in [0.2, 0.25) is 11.8 Å². The topological polar surface area (TPSA) is 58.2 Å². The van der Waals surface area contributed by atoms with Gasteiger partial charge >= 0.3 is 0 Å². The summed E-state index contributed by atoms with van der Waals surface area (Å²) in [5, 5.41) is 6.52. The highest BCUT2D eigenvalue weighted by atomic mass is 35.5. The highest BCUT2D eigenvalue weighted by Gasteiger charge is 2.57. The SMILES string of the molecule is O=C(Nc1cc(Cl)cc(Cl)c1)C1(C(=O)NC2CC2)CC1. The molecule has 4 nitrogen and oxygen atoms in total. The van der Waals surface area contributed by atoms with Crippen molar-refractivity contribution in [3.63, 3.8) is 0 Å². The first-order valence-electron chi connectivity index (χ1n) is 6.58. The van der Waals surface area contributed by atoms with E-state index in [0.717, 1.165) is 12.8 Å². The minimum atomic E-state index is -0.905. The molecule has 1 aromatic carbocycles. The fraction of sp³-hybridized carbons (Fsp3) is 0.429. The summed E-state index contributed by atoms with van der Waals surface area (Å²) >= 11 is 11.8. The maximum absolute atomic E-state index is 12.3. The molecule has 0 spiro atoms. The largest absolute Gasteiger partial charge is 0.352 e. The summed E-state index contributed by atoms with van der Waals surface area (Å²) < 4.78 is 0. The third-order valence-corrected chi connectivity index (χ3v) is 4.09. The molecule has 0 aliphatic heterocycles. The molecule has 6 heteroatoms. The van der Waals surface area contributed by atoms with Crippen molar-refractivity contribution >= 4 is 40.7 Å². The van der Waals surface area contributed by atoms with E-state index in [1.54, 1.807) is 18.2 Å². The summed E-state index contributed by atoms with van der Waals surface area (Å²) in [4.78, 5) is 24.4. The van der Waals surface area contributed by atoms with Crippen molar-refractivity contribution in [3.8, 4) is 0 Å². The Morgan fingerprint density at radius 1 is 1.05 bits per heavy atom. The van der Waals surface area contributed by atoms with Gasteiger partial charge in [-0.05, 0) is 43.9 Å². The monoisotopic (exact) mass is 312 g/mol. The van der Waals surface area contributed by atoms with Crippen molar-refractivity contribution in [1.29, 1.82) is 0 Å². The first kappa shape index (κ1) is 13.7.